The van der Waals surface area contributed by atoms with Crippen LogP contribution in [0.1, 0.15) is 18.4 Å². The number of likely N-dealkylation sites (N-methyl/N-ethyl adjacent to an activating group) is 1. The number of hydrazine groups is 1. The second-order valence-electron chi connectivity index (χ2n) is 9.33. The molecule has 5 rings (SSSR count). The third-order valence-electron chi connectivity index (χ3n) is 6.39. The van der Waals surface area contributed by atoms with E-state index in [1.54, 1.807) is 12.4 Å². The van der Waals surface area contributed by atoms with Gasteiger partial charge in [0.25, 0.3) is 5.91 Å². The Kier molecular flexibility index (Phi) is 6.99. The van der Waals surface area contributed by atoms with E-state index < -0.39 is 0 Å². The molecule has 1 aromatic carbocycles. The first-order valence-corrected chi connectivity index (χ1v) is 12.3. The van der Waals surface area contributed by atoms with Gasteiger partial charge < -0.3 is 31.3 Å². The number of fused-ring (bicyclic) bond motifs is 1. The van der Waals surface area contributed by atoms with Gasteiger partial charge in [-0.15, -0.1) is 0 Å². The van der Waals surface area contributed by atoms with E-state index in [0.717, 1.165) is 60.1 Å². The zero-order valence-corrected chi connectivity index (χ0v) is 20.7. The van der Waals surface area contributed by atoms with E-state index in [4.69, 9.17) is 0 Å². The molecule has 36 heavy (non-hydrogen) atoms. The molecule has 4 heterocycles. The maximum Gasteiger partial charge on any atom is 0.257 e. The second-order valence-corrected chi connectivity index (χ2v) is 9.33. The number of nitrogens with zero attached hydrogens (tertiary/aromatic N) is 4. The molecule has 0 aliphatic carbocycles. The normalized spacial score (nSPS) is 14.5. The minimum atomic E-state index is -0.207. The molecule has 0 atom stereocenters. The predicted molar refractivity (Wildman–Crippen MR) is 146 cm³/mol. The highest BCUT2D eigenvalue weighted by Crippen LogP contribution is 2.33. The van der Waals surface area contributed by atoms with Crippen molar-refractivity contribution in [3.8, 4) is 11.1 Å². The van der Waals surface area contributed by atoms with Crippen molar-refractivity contribution in [2.75, 3.05) is 61.2 Å². The summed E-state index contributed by atoms with van der Waals surface area (Å²) >= 11 is 0. The first-order chi connectivity index (χ1) is 17.6. The van der Waals surface area contributed by atoms with E-state index in [-0.39, 0.29) is 5.91 Å². The van der Waals surface area contributed by atoms with E-state index in [9.17, 15) is 4.79 Å². The summed E-state index contributed by atoms with van der Waals surface area (Å²) in [5.41, 5.74) is 12.1. The number of carbonyl (C=O) groups excluding carboxylic acids is 1. The molecular weight excluding hydrogens is 452 g/mol. The van der Waals surface area contributed by atoms with Crippen LogP contribution in [0.4, 0.5) is 22.9 Å². The minimum Gasteiger partial charge on any atom is -0.370 e. The number of aromatic nitrogens is 2. The van der Waals surface area contributed by atoms with Crippen LogP contribution in [0.2, 0.25) is 0 Å². The first kappa shape index (κ1) is 23.6. The highest BCUT2D eigenvalue weighted by molar-refractivity contribution is 6.26. The van der Waals surface area contributed by atoms with E-state index in [1.807, 2.05) is 56.8 Å². The molecule has 9 heteroatoms. The Hall–Kier alpha value is -4.11. The zero-order chi connectivity index (χ0) is 24.9. The fourth-order valence-electron chi connectivity index (χ4n) is 4.42. The number of carbonyl (C=O) groups is 1. The van der Waals surface area contributed by atoms with Crippen LogP contribution in [0.15, 0.2) is 61.2 Å². The molecule has 1 amide bonds. The van der Waals surface area contributed by atoms with Crippen LogP contribution in [0.3, 0.4) is 0 Å². The fraction of sp³-hybridized carbons (Fsp3) is 0.296. The van der Waals surface area contributed by atoms with Gasteiger partial charge in [0.1, 0.15) is 5.82 Å². The minimum absolute atomic E-state index is 0.207. The molecular formula is C27H32N8O. The maximum atomic E-state index is 13.2. The average molecular weight is 485 g/mol. The third-order valence-corrected chi connectivity index (χ3v) is 6.39. The Morgan fingerprint density at radius 2 is 1.92 bits per heavy atom. The van der Waals surface area contributed by atoms with Gasteiger partial charge >= 0.3 is 0 Å². The van der Waals surface area contributed by atoms with Crippen LogP contribution in [0, 0.1) is 0 Å². The lowest BCUT2D eigenvalue weighted by molar-refractivity contribution is -0.111. The van der Waals surface area contributed by atoms with Gasteiger partial charge in [0.05, 0.1) is 35.0 Å². The van der Waals surface area contributed by atoms with Gasteiger partial charge in [-0.25, -0.2) is 4.98 Å². The van der Waals surface area contributed by atoms with Crippen LogP contribution >= 0.6 is 0 Å². The lowest BCUT2D eigenvalue weighted by Gasteiger charge is -2.21. The highest BCUT2D eigenvalue weighted by atomic mass is 16.1. The molecule has 2 aromatic heterocycles. The zero-order valence-electron chi connectivity index (χ0n) is 20.7. The first-order valence-electron chi connectivity index (χ1n) is 12.3. The summed E-state index contributed by atoms with van der Waals surface area (Å²) in [5.74, 6) is 0.568. The standard InChI is InChI=1S/C27H32N8O/c1-34(2)12-9-29-26-8-6-21(16-30-26)32-27(36)24-18-31-33-25-7-5-19(14-23(24)25)20-13-22(17-28-15-20)35-10-3-4-11-35/h5-8,13-18,31,33H,3-4,9-12H2,1-2H3,(H,29,30)(H,32,36). The summed E-state index contributed by atoms with van der Waals surface area (Å²) < 4.78 is 0. The molecule has 1 saturated heterocycles. The molecule has 0 spiro atoms. The topological polar surface area (TPSA) is 97.4 Å². The molecule has 3 aromatic rings. The van der Waals surface area contributed by atoms with Gasteiger partial charge in [-0.05, 0) is 62.8 Å². The van der Waals surface area contributed by atoms with E-state index in [1.165, 1.54) is 12.8 Å². The smallest absolute Gasteiger partial charge is 0.257 e. The summed E-state index contributed by atoms with van der Waals surface area (Å²) in [7, 11) is 4.06. The van der Waals surface area contributed by atoms with Crippen molar-refractivity contribution in [2.24, 2.45) is 0 Å². The Bertz CT molecular complexity index is 1250. The lowest BCUT2D eigenvalue weighted by atomic mass is 9.97. The summed E-state index contributed by atoms with van der Waals surface area (Å²) in [6.45, 7) is 3.85. The molecule has 0 saturated carbocycles. The number of anilines is 4. The Balaban J connectivity index is 1.31. The molecule has 2 aliphatic heterocycles. The van der Waals surface area contributed by atoms with Crippen LogP contribution in [-0.2, 0) is 4.79 Å². The SMILES string of the molecule is CN(C)CCNc1ccc(NC(=O)C2=CNNc3ccc(-c4cncc(N5CCCC5)c4)cc32)cn1. The molecule has 2 aliphatic rings. The monoisotopic (exact) mass is 484 g/mol. The largest absolute Gasteiger partial charge is 0.370 e. The van der Waals surface area contributed by atoms with Crippen LogP contribution in [0.5, 0.6) is 0 Å². The quantitative estimate of drug-likeness (QED) is 0.385. The van der Waals surface area contributed by atoms with Crippen molar-refractivity contribution in [1.29, 1.82) is 0 Å². The van der Waals surface area contributed by atoms with E-state index in [2.05, 4.69) is 47.3 Å². The third kappa shape index (κ3) is 5.41. The predicted octanol–water partition coefficient (Wildman–Crippen LogP) is 3.63. The average Bonchev–Trinajstić information content (AvgIpc) is 3.44. The van der Waals surface area contributed by atoms with Gasteiger partial charge in [-0.2, -0.15) is 0 Å². The summed E-state index contributed by atoms with van der Waals surface area (Å²) in [6, 6.07) is 12.0. The van der Waals surface area contributed by atoms with Gasteiger partial charge in [0.15, 0.2) is 0 Å². The number of amides is 1. The lowest BCUT2D eigenvalue weighted by Crippen LogP contribution is -2.25. The van der Waals surface area contributed by atoms with Crippen LogP contribution in [-0.4, -0.2) is 61.0 Å². The highest BCUT2D eigenvalue weighted by Gasteiger charge is 2.21. The summed E-state index contributed by atoms with van der Waals surface area (Å²) in [4.78, 5) is 26.6. The number of pyridine rings is 2. The van der Waals surface area contributed by atoms with Gasteiger partial charge in [0.2, 0.25) is 0 Å². The number of hydrogen-bond acceptors (Lipinski definition) is 8. The van der Waals surface area contributed by atoms with Gasteiger partial charge in [0, 0.05) is 49.7 Å². The summed E-state index contributed by atoms with van der Waals surface area (Å²) in [5, 5.41) is 6.24. The van der Waals surface area contributed by atoms with Gasteiger partial charge in [-0.3, -0.25) is 9.78 Å². The van der Waals surface area contributed by atoms with Crippen molar-refractivity contribution in [2.45, 2.75) is 12.8 Å². The van der Waals surface area contributed by atoms with E-state index >= 15 is 0 Å². The van der Waals surface area contributed by atoms with Crippen molar-refractivity contribution >= 4 is 34.4 Å². The van der Waals surface area contributed by atoms with Crippen molar-refractivity contribution in [3.63, 3.8) is 0 Å². The Labute approximate surface area is 211 Å². The van der Waals surface area contributed by atoms with Crippen molar-refractivity contribution in [1.82, 2.24) is 20.3 Å². The van der Waals surface area contributed by atoms with Gasteiger partial charge in [-0.1, -0.05) is 6.07 Å². The van der Waals surface area contributed by atoms with E-state index in [0.29, 0.717) is 11.3 Å². The Morgan fingerprint density at radius 1 is 1.06 bits per heavy atom. The molecule has 0 bridgehead atoms. The molecule has 1 fully saturated rings. The second kappa shape index (κ2) is 10.7. The molecule has 9 nitrogen and oxygen atoms in total. The van der Waals surface area contributed by atoms with Crippen LogP contribution in [0.25, 0.3) is 16.7 Å². The number of nitrogens with one attached hydrogen (secondary N) is 4. The summed E-state index contributed by atoms with van der Waals surface area (Å²) in [6.07, 6.45) is 9.59. The molecule has 186 valence electrons. The molecule has 0 unspecified atom stereocenters. The maximum absolute atomic E-state index is 13.2. The number of benzene rings is 1. The van der Waals surface area contributed by atoms with Crippen molar-refractivity contribution in [3.05, 3.63) is 66.8 Å². The number of hydrogen-bond donors (Lipinski definition) is 4. The molecule has 0 radical (unpaired) electrons. The molecule has 4 N–H and O–H groups in total. The van der Waals surface area contributed by atoms with Crippen molar-refractivity contribution < 1.29 is 4.79 Å². The number of rotatable bonds is 8. The fourth-order valence-corrected chi connectivity index (χ4v) is 4.42. The Morgan fingerprint density at radius 3 is 2.69 bits per heavy atom. The van der Waals surface area contributed by atoms with Crippen LogP contribution < -0.4 is 26.4 Å².